The van der Waals surface area contributed by atoms with E-state index in [0.717, 1.165) is 11.1 Å². The van der Waals surface area contributed by atoms with Gasteiger partial charge in [-0.3, -0.25) is 0 Å². The van der Waals surface area contributed by atoms with Gasteiger partial charge in [0.05, 0.1) is 6.20 Å². The molecule has 2 aromatic heterocycles. The molecule has 0 atom stereocenters. The summed E-state index contributed by atoms with van der Waals surface area (Å²) in [6.45, 7) is 0. The number of aromatic nitrogens is 5. The topological polar surface area (TPSA) is 56.5 Å². The third kappa shape index (κ3) is 2.79. The molecule has 4 rings (SSSR count). The molecular formula is C18H13N5S. The molecule has 0 amide bonds. The molecule has 0 aliphatic carbocycles. The van der Waals surface area contributed by atoms with Gasteiger partial charge in [-0.15, -0.1) is 12.6 Å². The van der Waals surface area contributed by atoms with Gasteiger partial charge in [0, 0.05) is 11.1 Å². The third-order valence-electron chi connectivity index (χ3n) is 3.50. The van der Waals surface area contributed by atoms with Crippen LogP contribution in [0.1, 0.15) is 0 Å². The average molecular weight is 331 g/mol. The molecule has 0 bridgehead atoms. The average Bonchev–Trinajstić information content (AvgIpc) is 3.09. The molecular weight excluding hydrogens is 318 g/mol. The molecule has 24 heavy (non-hydrogen) atoms. The summed E-state index contributed by atoms with van der Waals surface area (Å²) in [6.07, 6.45) is 1.66. The van der Waals surface area contributed by atoms with Crippen molar-refractivity contribution in [2.24, 2.45) is 0 Å². The summed E-state index contributed by atoms with van der Waals surface area (Å²) in [5.41, 5.74) is 1.84. The van der Waals surface area contributed by atoms with E-state index >= 15 is 0 Å². The molecule has 0 unspecified atom stereocenters. The summed E-state index contributed by atoms with van der Waals surface area (Å²) < 4.78 is 1.59. The van der Waals surface area contributed by atoms with Gasteiger partial charge in [-0.05, 0) is 6.07 Å². The van der Waals surface area contributed by atoms with E-state index in [1.165, 1.54) is 0 Å². The minimum absolute atomic E-state index is 0.442. The first-order valence-electron chi connectivity index (χ1n) is 7.41. The summed E-state index contributed by atoms with van der Waals surface area (Å²) in [5.74, 6) is 1.64. The third-order valence-corrected chi connectivity index (χ3v) is 3.84. The Balaban J connectivity index is 1.93. The van der Waals surface area contributed by atoms with E-state index in [1.54, 1.807) is 16.9 Å². The lowest BCUT2D eigenvalue weighted by molar-refractivity contribution is 0.743. The van der Waals surface area contributed by atoms with Crippen LogP contribution < -0.4 is 0 Å². The number of nitrogens with zero attached hydrogens (tertiary/aromatic N) is 5. The van der Waals surface area contributed by atoms with E-state index in [9.17, 15) is 0 Å². The summed E-state index contributed by atoms with van der Waals surface area (Å²) >= 11 is 4.40. The predicted molar refractivity (Wildman–Crippen MR) is 95.1 cm³/mol. The molecule has 0 spiro atoms. The Kier molecular flexibility index (Phi) is 3.80. The standard InChI is InChI=1S/C18H13N5S/c24-15-11-12-19-23(15)18-21-16(13-7-3-1-4-8-13)20-17(22-18)14-9-5-2-6-10-14/h1-12,24H. The highest BCUT2D eigenvalue weighted by atomic mass is 32.1. The Morgan fingerprint density at radius 1 is 0.667 bits per heavy atom. The Morgan fingerprint density at radius 2 is 1.21 bits per heavy atom. The quantitative estimate of drug-likeness (QED) is 0.582. The van der Waals surface area contributed by atoms with Gasteiger partial charge < -0.3 is 0 Å². The molecule has 2 aromatic carbocycles. The lowest BCUT2D eigenvalue weighted by atomic mass is 10.2. The lowest BCUT2D eigenvalue weighted by Crippen LogP contribution is -2.07. The van der Waals surface area contributed by atoms with Crippen LogP contribution in [0.5, 0.6) is 0 Å². The van der Waals surface area contributed by atoms with Crippen molar-refractivity contribution >= 4 is 12.6 Å². The molecule has 0 saturated carbocycles. The molecule has 0 aliphatic rings. The maximum absolute atomic E-state index is 4.63. The Hall–Kier alpha value is -2.99. The van der Waals surface area contributed by atoms with Crippen LogP contribution in [0.15, 0.2) is 78.0 Å². The SMILES string of the molecule is Sc1ccnn1-c1nc(-c2ccccc2)nc(-c2ccccc2)n1. The van der Waals surface area contributed by atoms with Crippen LogP contribution in [0.25, 0.3) is 28.7 Å². The van der Waals surface area contributed by atoms with Crippen LogP contribution in [0.4, 0.5) is 0 Å². The normalized spacial score (nSPS) is 10.7. The Bertz CT molecular complexity index is 909. The second kappa shape index (κ2) is 6.25. The monoisotopic (exact) mass is 331 g/mol. The van der Waals surface area contributed by atoms with Crippen molar-refractivity contribution in [2.45, 2.75) is 5.03 Å². The highest BCUT2D eigenvalue weighted by Gasteiger charge is 2.13. The number of benzene rings is 2. The smallest absolute Gasteiger partial charge is 0.208 e. The van der Waals surface area contributed by atoms with Crippen molar-refractivity contribution in [3.63, 3.8) is 0 Å². The number of thiol groups is 1. The summed E-state index contributed by atoms with van der Waals surface area (Å²) in [5, 5.41) is 4.91. The van der Waals surface area contributed by atoms with Crippen molar-refractivity contribution in [1.82, 2.24) is 24.7 Å². The van der Waals surface area contributed by atoms with Crippen LogP contribution in [-0.2, 0) is 0 Å². The highest BCUT2D eigenvalue weighted by molar-refractivity contribution is 7.80. The van der Waals surface area contributed by atoms with Gasteiger partial charge in [0.1, 0.15) is 5.03 Å². The second-order valence-electron chi connectivity index (χ2n) is 5.12. The predicted octanol–water partition coefficient (Wildman–Crippen LogP) is 3.68. The second-order valence-corrected chi connectivity index (χ2v) is 5.57. The number of hydrogen-bond acceptors (Lipinski definition) is 5. The maximum Gasteiger partial charge on any atom is 0.255 e. The summed E-state index contributed by atoms with van der Waals surface area (Å²) in [4.78, 5) is 13.7. The van der Waals surface area contributed by atoms with Crippen LogP contribution in [0.2, 0.25) is 0 Å². The zero-order valence-electron chi connectivity index (χ0n) is 12.6. The van der Waals surface area contributed by atoms with Gasteiger partial charge in [-0.2, -0.15) is 19.7 Å². The van der Waals surface area contributed by atoms with Crippen molar-refractivity contribution in [1.29, 1.82) is 0 Å². The first-order valence-corrected chi connectivity index (χ1v) is 7.86. The van der Waals surface area contributed by atoms with E-state index in [4.69, 9.17) is 0 Å². The first-order chi connectivity index (χ1) is 11.8. The van der Waals surface area contributed by atoms with Crippen molar-refractivity contribution in [3.8, 4) is 28.7 Å². The maximum atomic E-state index is 4.63. The van der Waals surface area contributed by atoms with Gasteiger partial charge >= 0.3 is 0 Å². The van der Waals surface area contributed by atoms with Gasteiger partial charge in [0.25, 0.3) is 5.95 Å². The Morgan fingerprint density at radius 3 is 1.67 bits per heavy atom. The first kappa shape index (κ1) is 14.6. The molecule has 116 valence electrons. The fraction of sp³-hybridized carbons (Fsp3) is 0. The van der Waals surface area contributed by atoms with Crippen LogP contribution in [0.3, 0.4) is 0 Å². The minimum Gasteiger partial charge on any atom is -0.208 e. The van der Waals surface area contributed by atoms with E-state index in [2.05, 4.69) is 32.7 Å². The van der Waals surface area contributed by atoms with Gasteiger partial charge in [-0.25, -0.2) is 4.98 Å². The Labute approximate surface area is 144 Å². The van der Waals surface area contributed by atoms with Crippen molar-refractivity contribution in [2.75, 3.05) is 0 Å². The fourth-order valence-corrected chi connectivity index (χ4v) is 2.55. The van der Waals surface area contributed by atoms with Crippen LogP contribution >= 0.6 is 12.6 Å². The molecule has 6 heteroatoms. The van der Waals surface area contributed by atoms with Crippen LogP contribution in [0, 0.1) is 0 Å². The minimum atomic E-state index is 0.442. The summed E-state index contributed by atoms with van der Waals surface area (Å²) in [6, 6.07) is 21.4. The molecule has 2 heterocycles. The molecule has 4 aromatic rings. The largest absolute Gasteiger partial charge is 0.255 e. The van der Waals surface area contributed by atoms with Gasteiger partial charge in [0.2, 0.25) is 0 Å². The molecule has 0 fully saturated rings. The fourth-order valence-electron chi connectivity index (χ4n) is 2.34. The summed E-state index contributed by atoms with van der Waals surface area (Å²) in [7, 11) is 0. The zero-order valence-corrected chi connectivity index (χ0v) is 13.5. The van der Waals surface area contributed by atoms with Gasteiger partial charge in [0.15, 0.2) is 11.6 Å². The number of rotatable bonds is 3. The molecule has 0 radical (unpaired) electrons. The molecule has 0 saturated heterocycles. The molecule has 0 N–H and O–H groups in total. The van der Waals surface area contributed by atoms with Crippen molar-refractivity contribution in [3.05, 3.63) is 72.9 Å². The highest BCUT2D eigenvalue weighted by Crippen LogP contribution is 2.21. The molecule has 5 nitrogen and oxygen atoms in total. The van der Waals surface area contributed by atoms with Gasteiger partial charge in [-0.1, -0.05) is 60.7 Å². The lowest BCUT2D eigenvalue weighted by Gasteiger charge is -2.08. The van der Waals surface area contributed by atoms with E-state index in [-0.39, 0.29) is 0 Å². The zero-order chi connectivity index (χ0) is 16.4. The van der Waals surface area contributed by atoms with Crippen molar-refractivity contribution < 1.29 is 0 Å². The van der Waals surface area contributed by atoms with E-state index < -0.39 is 0 Å². The van der Waals surface area contributed by atoms with E-state index in [1.807, 2.05) is 60.7 Å². The van der Waals surface area contributed by atoms with E-state index in [0.29, 0.717) is 22.6 Å². The number of hydrogen-bond donors (Lipinski definition) is 1. The van der Waals surface area contributed by atoms with Crippen LogP contribution in [-0.4, -0.2) is 24.7 Å². The molecule has 0 aliphatic heterocycles.